The van der Waals surface area contributed by atoms with Gasteiger partial charge in [0.1, 0.15) is 0 Å². The van der Waals surface area contributed by atoms with E-state index in [2.05, 4.69) is 11.4 Å². The van der Waals surface area contributed by atoms with Crippen molar-refractivity contribution in [3.63, 3.8) is 0 Å². The lowest BCUT2D eigenvalue weighted by Crippen LogP contribution is -2.41. The zero-order valence-electron chi connectivity index (χ0n) is 10.5. The Labute approximate surface area is 108 Å². The molecule has 2 rings (SSSR count). The fraction of sp³-hybridized carbons (Fsp3) is 0.533. The highest BCUT2D eigenvalue weighted by Crippen LogP contribution is 2.26. The summed E-state index contributed by atoms with van der Waals surface area (Å²) in [5.74, 6) is 0.0801. The van der Waals surface area contributed by atoms with E-state index in [4.69, 9.17) is 5.26 Å². The number of benzene rings is 1. The summed E-state index contributed by atoms with van der Waals surface area (Å²) in [6.45, 7) is 0.0681. The van der Waals surface area contributed by atoms with Gasteiger partial charge in [-0.1, -0.05) is 43.2 Å². The number of rotatable bonds is 4. The van der Waals surface area contributed by atoms with Gasteiger partial charge >= 0.3 is 0 Å². The molecule has 1 aliphatic rings. The van der Waals surface area contributed by atoms with Crippen LogP contribution < -0.4 is 5.32 Å². The predicted octanol–water partition coefficient (Wildman–Crippen LogP) is 2.39. The lowest BCUT2D eigenvalue weighted by Gasteiger charge is -2.31. The number of aliphatic hydroxyl groups excluding tert-OH is 1. The maximum atomic E-state index is 9.52. The number of nitrogens with one attached hydrogen (secondary N) is 1. The Kier molecular flexibility index (Phi) is 4.74. The van der Waals surface area contributed by atoms with Gasteiger partial charge in [-0.15, -0.1) is 0 Å². The molecule has 0 aliphatic heterocycles. The molecule has 3 heteroatoms. The summed E-state index contributed by atoms with van der Waals surface area (Å²) in [6, 6.07) is 12.5. The Hall–Kier alpha value is -1.37. The van der Waals surface area contributed by atoms with Gasteiger partial charge in [0, 0.05) is 6.04 Å². The Balaban J connectivity index is 2.04. The second kappa shape index (κ2) is 6.53. The number of hydrogen-bond acceptors (Lipinski definition) is 3. The van der Waals surface area contributed by atoms with Crippen molar-refractivity contribution in [1.82, 2.24) is 5.32 Å². The topological polar surface area (TPSA) is 56.0 Å². The second-order valence-corrected chi connectivity index (χ2v) is 4.94. The van der Waals surface area contributed by atoms with Crippen molar-refractivity contribution in [3.8, 4) is 6.07 Å². The van der Waals surface area contributed by atoms with Gasteiger partial charge in [-0.05, 0) is 18.4 Å². The first kappa shape index (κ1) is 13.1. The third kappa shape index (κ3) is 3.10. The van der Waals surface area contributed by atoms with Gasteiger partial charge in [-0.2, -0.15) is 5.26 Å². The lowest BCUT2D eigenvalue weighted by atomic mass is 9.85. The van der Waals surface area contributed by atoms with Crippen LogP contribution in [0.5, 0.6) is 0 Å². The van der Waals surface area contributed by atoms with Gasteiger partial charge in [0.25, 0.3) is 0 Å². The molecule has 2 N–H and O–H groups in total. The first-order valence-electron chi connectivity index (χ1n) is 6.66. The summed E-state index contributed by atoms with van der Waals surface area (Å²) >= 11 is 0. The fourth-order valence-electron chi connectivity index (χ4n) is 2.68. The minimum Gasteiger partial charge on any atom is -0.394 e. The molecule has 1 saturated carbocycles. The minimum absolute atomic E-state index is 0.0647. The standard InChI is InChI=1S/C15H20N2O/c16-10-13-8-4-5-9-14(13)17-15(11-18)12-6-2-1-3-7-12/h1-3,6-7,13-15,17-18H,4-5,8-9,11H2. The van der Waals surface area contributed by atoms with Crippen LogP contribution in [0, 0.1) is 17.2 Å². The largest absolute Gasteiger partial charge is 0.394 e. The van der Waals surface area contributed by atoms with E-state index in [1.54, 1.807) is 0 Å². The van der Waals surface area contributed by atoms with Crippen LogP contribution in [0.1, 0.15) is 37.3 Å². The van der Waals surface area contributed by atoms with Gasteiger partial charge in [0.2, 0.25) is 0 Å². The highest BCUT2D eigenvalue weighted by Gasteiger charge is 2.27. The van der Waals surface area contributed by atoms with Crippen molar-refractivity contribution in [2.75, 3.05) is 6.61 Å². The first-order valence-corrected chi connectivity index (χ1v) is 6.66. The maximum absolute atomic E-state index is 9.52. The third-order valence-electron chi connectivity index (χ3n) is 3.73. The van der Waals surface area contributed by atoms with E-state index in [0.29, 0.717) is 0 Å². The number of hydrogen-bond donors (Lipinski definition) is 2. The van der Waals surface area contributed by atoms with Crippen LogP contribution >= 0.6 is 0 Å². The van der Waals surface area contributed by atoms with Gasteiger partial charge in [-0.25, -0.2) is 0 Å². The van der Waals surface area contributed by atoms with Crippen molar-refractivity contribution in [1.29, 1.82) is 5.26 Å². The second-order valence-electron chi connectivity index (χ2n) is 4.94. The summed E-state index contributed by atoms with van der Waals surface area (Å²) in [7, 11) is 0. The molecule has 3 unspecified atom stereocenters. The average Bonchev–Trinajstić information content (AvgIpc) is 2.46. The van der Waals surface area contributed by atoms with Crippen LogP contribution in [0.4, 0.5) is 0 Å². The molecular weight excluding hydrogens is 224 g/mol. The fourth-order valence-corrected chi connectivity index (χ4v) is 2.68. The van der Waals surface area contributed by atoms with E-state index in [1.807, 2.05) is 30.3 Å². The molecule has 3 atom stereocenters. The van der Waals surface area contributed by atoms with Gasteiger partial charge in [0.15, 0.2) is 0 Å². The van der Waals surface area contributed by atoms with E-state index in [9.17, 15) is 5.11 Å². The van der Waals surface area contributed by atoms with Gasteiger partial charge in [0.05, 0.1) is 24.6 Å². The van der Waals surface area contributed by atoms with Gasteiger partial charge in [-0.3, -0.25) is 0 Å². The van der Waals surface area contributed by atoms with Crippen LogP contribution in [0.2, 0.25) is 0 Å². The molecule has 0 radical (unpaired) electrons. The normalized spacial score (nSPS) is 25.3. The molecule has 96 valence electrons. The van der Waals surface area contributed by atoms with Crippen LogP contribution in [0.3, 0.4) is 0 Å². The molecule has 0 spiro atoms. The van der Waals surface area contributed by atoms with Crippen molar-refractivity contribution in [3.05, 3.63) is 35.9 Å². The van der Waals surface area contributed by atoms with Crippen molar-refractivity contribution in [2.45, 2.75) is 37.8 Å². The summed E-state index contributed by atoms with van der Waals surface area (Å²) in [5, 5.41) is 22.1. The highest BCUT2D eigenvalue weighted by molar-refractivity contribution is 5.19. The molecule has 1 fully saturated rings. The van der Waals surface area contributed by atoms with Crippen LogP contribution in [0.25, 0.3) is 0 Å². The SMILES string of the molecule is N#CC1CCCCC1NC(CO)c1ccccc1. The van der Waals surface area contributed by atoms with Gasteiger partial charge < -0.3 is 10.4 Å². The zero-order chi connectivity index (χ0) is 12.8. The summed E-state index contributed by atoms with van der Waals surface area (Å²) < 4.78 is 0. The smallest absolute Gasteiger partial charge is 0.0672 e. The van der Waals surface area contributed by atoms with Crippen LogP contribution in [-0.2, 0) is 0 Å². The minimum atomic E-state index is -0.0647. The molecule has 0 heterocycles. The van der Waals surface area contributed by atoms with Crippen molar-refractivity contribution >= 4 is 0 Å². The molecule has 18 heavy (non-hydrogen) atoms. The average molecular weight is 244 g/mol. The highest BCUT2D eigenvalue weighted by atomic mass is 16.3. The van der Waals surface area contributed by atoms with Crippen LogP contribution in [-0.4, -0.2) is 17.8 Å². The Morgan fingerprint density at radius 2 is 2.00 bits per heavy atom. The lowest BCUT2D eigenvalue weighted by molar-refractivity contribution is 0.206. The molecule has 0 aromatic heterocycles. The number of nitriles is 1. The van der Waals surface area contributed by atoms with Crippen molar-refractivity contribution in [2.24, 2.45) is 5.92 Å². The van der Waals surface area contributed by atoms with E-state index < -0.39 is 0 Å². The molecule has 0 bridgehead atoms. The first-order chi connectivity index (χ1) is 8.85. The maximum Gasteiger partial charge on any atom is 0.0672 e. The predicted molar refractivity (Wildman–Crippen MR) is 70.8 cm³/mol. The Bertz CT molecular complexity index is 399. The quantitative estimate of drug-likeness (QED) is 0.855. The molecule has 1 aromatic rings. The zero-order valence-corrected chi connectivity index (χ0v) is 10.5. The van der Waals surface area contributed by atoms with Crippen molar-refractivity contribution < 1.29 is 5.11 Å². The number of nitrogens with zero attached hydrogens (tertiary/aromatic N) is 1. The summed E-state index contributed by atoms with van der Waals surface area (Å²) in [6.07, 6.45) is 4.32. The molecule has 3 nitrogen and oxygen atoms in total. The third-order valence-corrected chi connectivity index (χ3v) is 3.73. The van der Waals surface area contributed by atoms with E-state index in [-0.39, 0.29) is 24.6 Å². The summed E-state index contributed by atoms with van der Waals surface area (Å²) in [5.41, 5.74) is 1.09. The number of aliphatic hydroxyl groups is 1. The molecule has 1 aliphatic carbocycles. The van der Waals surface area contributed by atoms with Crippen LogP contribution in [0.15, 0.2) is 30.3 Å². The molecular formula is C15H20N2O. The molecule has 1 aromatic carbocycles. The Morgan fingerprint density at radius 3 is 2.67 bits per heavy atom. The van der Waals surface area contributed by atoms with E-state index in [0.717, 1.165) is 24.8 Å². The van der Waals surface area contributed by atoms with E-state index >= 15 is 0 Å². The van der Waals surface area contributed by atoms with E-state index in [1.165, 1.54) is 6.42 Å². The molecule has 0 amide bonds. The Morgan fingerprint density at radius 1 is 1.28 bits per heavy atom. The summed E-state index contributed by atoms with van der Waals surface area (Å²) in [4.78, 5) is 0. The molecule has 0 saturated heterocycles. The monoisotopic (exact) mass is 244 g/mol.